The van der Waals surface area contributed by atoms with Crippen LogP contribution in [0.2, 0.25) is 0 Å². The fourth-order valence-corrected chi connectivity index (χ4v) is 2.80. The summed E-state index contributed by atoms with van der Waals surface area (Å²) in [5.41, 5.74) is 0.438. The smallest absolute Gasteiger partial charge is 0.0156 e. The van der Waals surface area contributed by atoms with Gasteiger partial charge in [-0.05, 0) is 26.2 Å². The van der Waals surface area contributed by atoms with Gasteiger partial charge >= 0.3 is 0 Å². The van der Waals surface area contributed by atoms with Crippen molar-refractivity contribution in [2.45, 2.75) is 45.1 Å². The molecule has 14 heavy (non-hydrogen) atoms. The van der Waals surface area contributed by atoms with Crippen molar-refractivity contribution in [3.63, 3.8) is 0 Å². The molecule has 0 unspecified atom stereocenters. The lowest BCUT2D eigenvalue weighted by Crippen LogP contribution is -2.54. The molecule has 1 N–H and O–H groups in total. The summed E-state index contributed by atoms with van der Waals surface area (Å²) >= 11 is 0. The van der Waals surface area contributed by atoms with Crippen molar-refractivity contribution in [3.8, 4) is 0 Å². The molecule has 0 aromatic rings. The molecule has 0 atom stereocenters. The third-order valence-electron chi connectivity index (χ3n) is 3.99. The third-order valence-corrected chi connectivity index (χ3v) is 3.99. The van der Waals surface area contributed by atoms with Gasteiger partial charge in [0.1, 0.15) is 0 Å². The van der Waals surface area contributed by atoms with Crippen molar-refractivity contribution < 1.29 is 0 Å². The maximum atomic E-state index is 3.43. The molecule has 0 aromatic carbocycles. The zero-order valence-corrected chi connectivity index (χ0v) is 9.68. The van der Waals surface area contributed by atoms with Gasteiger partial charge in [-0.25, -0.2) is 0 Å². The quantitative estimate of drug-likeness (QED) is 0.741. The van der Waals surface area contributed by atoms with Crippen LogP contribution in [0.1, 0.15) is 39.5 Å². The first kappa shape index (κ1) is 10.4. The fraction of sp³-hybridized carbons (Fsp3) is 1.00. The first-order valence-corrected chi connectivity index (χ1v) is 6.14. The Bertz CT molecular complexity index is 179. The van der Waals surface area contributed by atoms with Crippen molar-refractivity contribution in [3.05, 3.63) is 0 Å². The van der Waals surface area contributed by atoms with Crippen LogP contribution in [0, 0.1) is 5.92 Å². The number of hydrogen-bond acceptors (Lipinski definition) is 2. The molecule has 1 aliphatic carbocycles. The standard InChI is InChI=1S/C12H24N2/c1-12(2,10-11-4-3-5-11)14-8-6-13-7-9-14/h11,13H,3-10H2,1-2H3. The topological polar surface area (TPSA) is 15.3 Å². The van der Waals surface area contributed by atoms with Crippen molar-refractivity contribution in [1.82, 2.24) is 10.2 Å². The van der Waals surface area contributed by atoms with E-state index in [2.05, 4.69) is 24.1 Å². The lowest BCUT2D eigenvalue weighted by molar-refractivity contribution is 0.0651. The van der Waals surface area contributed by atoms with Gasteiger partial charge in [0, 0.05) is 31.7 Å². The maximum absolute atomic E-state index is 3.43. The first-order valence-electron chi connectivity index (χ1n) is 6.14. The second kappa shape index (κ2) is 4.19. The highest BCUT2D eigenvalue weighted by atomic mass is 15.2. The van der Waals surface area contributed by atoms with Gasteiger partial charge in [-0.1, -0.05) is 19.3 Å². The van der Waals surface area contributed by atoms with Crippen molar-refractivity contribution >= 4 is 0 Å². The molecular weight excluding hydrogens is 172 g/mol. The van der Waals surface area contributed by atoms with Crippen LogP contribution in [-0.4, -0.2) is 36.6 Å². The van der Waals surface area contributed by atoms with Gasteiger partial charge in [0.2, 0.25) is 0 Å². The summed E-state index contributed by atoms with van der Waals surface area (Å²) in [4.78, 5) is 2.67. The Kier molecular flexibility index (Phi) is 3.13. The summed E-state index contributed by atoms with van der Waals surface area (Å²) in [5.74, 6) is 1.03. The summed E-state index contributed by atoms with van der Waals surface area (Å²) in [5, 5.41) is 3.43. The van der Waals surface area contributed by atoms with E-state index in [0.717, 1.165) is 5.92 Å². The maximum Gasteiger partial charge on any atom is 0.0156 e. The highest BCUT2D eigenvalue weighted by molar-refractivity contribution is 4.88. The molecule has 1 heterocycles. The molecule has 0 spiro atoms. The van der Waals surface area contributed by atoms with E-state index in [-0.39, 0.29) is 0 Å². The van der Waals surface area contributed by atoms with Gasteiger partial charge in [0.15, 0.2) is 0 Å². The van der Waals surface area contributed by atoms with E-state index in [0.29, 0.717) is 5.54 Å². The predicted octanol–water partition coefficient (Wildman–Crippen LogP) is 1.86. The van der Waals surface area contributed by atoms with Crippen LogP contribution in [0.25, 0.3) is 0 Å². The molecule has 1 saturated heterocycles. The molecule has 2 heteroatoms. The third kappa shape index (κ3) is 2.29. The second-order valence-electron chi connectivity index (χ2n) is 5.55. The SMILES string of the molecule is CC(C)(CC1CCC1)N1CCNCC1. The summed E-state index contributed by atoms with van der Waals surface area (Å²) in [6, 6.07) is 0. The van der Waals surface area contributed by atoms with E-state index in [1.165, 1.54) is 51.9 Å². The minimum atomic E-state index is 0.438. The highest BCUT2D eigenvalue weighted by Gasteiger charge is 2.32. The fourth-order valence-electron chi connectivity index (χ4n) is 2.80. The van der Waals surface area contributed by atoms with E-state index in [1.807, 2.05) is 0 Å². The monoisotopic (exact) mass is 196 g/mol. The molecule has 0 amide bonds. The molecule has 2 fully saturated rings. The average molecular weight is 196 g/mol. The molecule has 2 aliphatic rings. The number of nitrogens with zero attached hydrogens (tertiary/aromatic N) is 1. The summed E-state index contributed by atoms with van der Waals surface area (Å²) < 4.78 is 0. The second-order valence-corrected chi connectivity index (χ2v) is 5.55. The lowest BCUT2D eigenvalue weighted by Gasteiger charge is -2.44. The zero-order valence-electron chi connectivity index (χ0n) is 9.68. The minimum absolute atomic E-state index is 0.438. The summed E-state index contributed by atoms with van der Waals surface area (Å²) in [7, 11) is 0. The van der Waals surface area contributed by atoms with E-state index < -0.39 is 0 Å². The van der Waals surface area contributed by atoms with Crippen LogP contribution in [0.4, 0.5) is 0 Å². The van der Waals surface area contributed by atoms with Crippen LogP contribution < -0.4 is 5.32 Å². The first-order chi connectivity index (χ1) is 6.68. The van der Waals surface area contributed by atoms with Crippen LogP contribution >= 0.6 is 0 Å². The Hall–Kier alpha value is -0.0800. The Morgan fingerprint density at radius 3 is 2.36 bits per heavy atom. The molecule has 0 aromatic heterocycles. The minimum Gasteiger partial charge on any atom is -0.314 e. The van der Waals surface area contributed by atoms with E-state index >= 15 is 0 Å². The van der Waals surface area contributed by atoms with Crippen LogP contribution in [0.5, 0.6) is 0 Å². The Labute approximate surface area is 88.1 Å². The molecular formula is C12H24N2. The van der Waals surface area contributed by atoms with E-state index in [1.54, 1.807) is 0 Å². The van der Waals surface area contributed by atoms with Crippen LogP contribution in [0.15, 0.2) is 0 Å². The van der Waals surface area contributed by atoms with Gasteiger partial charge in [0.25, 0.3) is 0 Å². The summed E-state index contributed by atoms with van der Waals surface area (Å²) in [6.45, 7) is 9.68. The molecule has 82 valence electrons. The van der Waals surface area contributed by atoms with Crippen LogP contribution in [0.3, 0.4) is 0 Å². The van der Waals surface area contributed by atoms with Gasteiger partial charge in [0.05, 0.1) is 0 Å². The lowest BCUT2D eigenvalue weighted by atomic mass is 9.76. The van der Waals surface area contributed by atoms with Gasteiger partial charge in [-0.2, -0.15) is 0 Å². The summed E-state index contributed by atoms with van der Waals surface area (Å²) in [6.07, 6.45) is 5.85. The van der Waals surface area contributed by atoms with E-state index in [9.17, 15) is 0 Å². The Morgan fingerprint density at radius 2 is 1.86 bits per heavy atom. The number of piperazine rings is 1. The predicted molar refractivity (Wildman–Crippen MR) is 60.5 cm³/mol. The molecule has 2 rings (SSSR count). The molecule has 2 nitrogen and oxygen atoms in total. The molecule has 0 radical (unpaired) electrons. The van der Waals surface area contributed by atoms with E-state index in [4.69, 9.17) is 0 Å². The van der Waals surface area contributed by atoms with Crippen molar-refractivity contribution in [2.24, 2.45) is 5.92 Å². The molecule has 1 aliphatic heterocycles. The Morgan fingerprint density at radius 1 is 1.21 bits per heavy atom. The number of hydrogen-bond donors (Lipinski definition) is 1. The normalized spacial score (nSPS) is 26.1. The molecule has 0 bridgehead atoms. The van der Waals surface area contributed by atoms with Crippen molar-refractivity contribution in [2.75, 3.05) is 26.2 Å². The number of nitrogens with one attached hydrogen (secondary N) is 1. The van der Waals surface area contributed by atoms with Crippen LogP contribution in [-0.2, 0) is 0 Å². The largest absolute Gasteiger partial charge is 0.314 e. The molecule has 1 saturated carbocycles. The average Bonchev–Trinajstić information content (AvgIpc) is 2.13. The van der Waals surface area contributed by atoms with Crippen molar-refractivity contribution in [1.29, 1.82) is 0 Å². The van der Waals surface area contributed by atoms with Gasteiger partial charge in [-0.3, -0.25) is 4.90 Å². The Balaban J connectivity index is 1.84. The highest BCUT2D eigenvalue weighted by Crippen LogP contribution is 2.35. The van der Waals surface area contributed by atoms with Gasteiger partial charge in [-0.15, -0.1) is 0 Å². The zero-order chi connectivity index (χ0) is 10.0. The number of rotatable bonds is 3. The van der Waals surface area contributed by atoms with Gasteiger partial charge < -0.3 is 5.32 Å².